The van der Waals surface area contributed by atoms with E-state index in [-0.39, 0.29) is 23.8 Å². The molecule has 2 aromatic carbocycles. The zero-order valence-corrected chi connectivity index (χ0v) is 19.0. The Morgan fingerprint density at radius 3 is 2.29 bits per heavy atom. The molecule has 0 bridgehead atoms. The number of ether oxygens (including phenoxy) is 2. The van der Waals surface area contributed by atoms with Crippen LogP contribution in [-0.2, 0) is 11.3 Å². The number of rotatable bonds is 7. The van der Waals surface area contributed by atoms with Gasteiger partial charge in [-0.25, -0.2) is 9.07 Å². The van der Waals surface area contributed by atoms with Crippen molar-refractivity contribution >= 4 is 23.1 Å². The number of nitrogens with one attached hydrogen (secondary N) is 1. The molecule has 1 amide bonds. The van der Waals surface area contributed by atoms with Gasteiger partial charge in [0.1, 0.15) is 18.2 Å². The van der Waals surface area contributed by atoms with Gasteiger partial charge in [-0.1, -0.05) is 0 Å². The molecule has 1 aliphatic rings. The summed E-state index contributed by atoms with van der Waals surface area (Å²) in [5, 5.41) is 7.15. The molecule has 0 radical (unpaired) electrons. The molecule has 1 fully saturated rings. The number of anilines is 3. The summed E-state index contributed by atoms with van der Waals surface area (Å²) in [5.41, 5.74) is 1.12. The Bertz CT molecular complexity index is 1210. The van der Waals surface area contributed by atoms with Crippen LogP contribution in [0, 0.1) is 5.82 Å². The molecule has 1 aliphatic heterocycles. The fraction of sp³-hybridized carbons (Fsp3) is 0.292. The summed E-state index contributed by atoms with van der Waals surface area (Å²) >= 11 is 0. The highest BCUT2D eigenvalue weighted by molar-refractivity contribution is 5.90. The van der Waals surface area contributed by atoms with Crippen molar-refractivity contribution in [2.75, 3.05) is 55.5 Å². The van der Waals surface area contributed by atoms with Gasteiger partial charge in [0.2, 0.25) is 5.91 Å². The summed E-state index contributed by atoms with van der Waals surface area (Å²) in [7, 11) is 3.04. The first kappa shape index (κ1) is 23.1. The zero-order valence-electron chi connectivity index (χ0n) is 19.0. The second-order valence-corrected chi connectivity index (χ2v) is 7.76. The van der Waals surface area contributed by atoms with Crippen LogP contribution in [0.1, 0.15) is 0 Å². The summed E-state index contributed by atoms with van der Waals surface area (Å²) in [6, 6.07) is 14.5. The lowest BCUT2D eigenvalue weighted by Crippen LogP contribution is -2.47. The monoisotopic (exact) mass is 467 g/mol. The van der Waals surface area contributed by atoms with Crippen molar-refractivity contribution in [1.29, 1.82) is 0 Å². The van der Waals surface area contributed by atoms with Gasteiger partial charge in [0, 0.05) is 49.7 Å². The van der Waals surface area contributed by atoms with Crippen molar-refractivity contribution in [3.8, 4) is 11.5 Å². The molecule has 10 heteroatoms. The van der Waals surface area contributed by atoms with E-state index < -0.39 is 0 Å². The fourth-order valence-electron chi connectivity index (χ4n) is 3.82. The van der Waals surface area contributed by atoms with Crippen molar-refractivity contribution in [1.82, 2.24) is 9.78 Å². The Labute approximate surface area is 196 Å². The maximum atomic E-state index is 13.2. The van der Waals surface area contributed by atoms with Crippen LogP contribution in [-0.4, -0.2) is 56.1 Å². The number of amides is 1. The number of aromatic nitrogens is 2. The van der Waals surface area contributed by atoms with Crippen LogP contribution in [0.25, 0.3) is 0 Å². The summed E-state index contributed by atoms with van der Waals surface area (Å²) in [5.74, 6) is 1.00. The van der Waals surface area contributed by atoms with E-state index in [1.165, 1.54) is 32.4 Å². The highest BCUT2D eigenvalue weighted by Gasteiger charge is 2.19. The molecule has 1 aromatic heterocycles. The van der Waals surface area contributed by atoms with E-state index >= 15 is 0 Å². The predicted octanol–water partition coefficient (Wildman–Crippen LogP) is 2.36. The molecule has 0 atom stereocenters. The molecule has 3 aromatic rings. The van der Waals surface area contributed by atoms with Crippen LogP contribution < -0.4 is 30.1 Å². The van der Waals surface area contributed by atoms with Crippen LogP contribution in [0.15, 0.2) is 59.4 Å². The van der Waals surface area contributed by atoms with Gasteiger partial charge in [-0.2, -0.15) is 5.10 Å². The van der Waals surface area contributed by atoms with E-state index in [1.807, 2.05) is 0 Å². The minimum atomic E-state index is -0.389. The minimum absolute atomic E-state index is 0.226. The SMILES string of the molecule is COc1ccc(NC(=O)Cn2nc(N3CCN(c4ccc(F)cc4)CC3)ccc2=O)cc1OC. The van der Waals surface area contributed by atoms with Gasteiger partial charge in [0.05, 0.1) is 14.2 Å². The molecule has 0 unspecified atom stereocenters. The molecule has 34 heavy (non-hydrogen) atoms. The highest BCUT2D eigenvalue weighted by atomic mass is 19.1. The summed E-state index contributed by atoms with van der Waals surface area (Å²) in [4.78, 5) is 29.1. The van der Waals surface area contributed by atoms with Crippen LogP contribution in [0.3, 0.4) is 0 Å². The molecular formula is C24H26FN5O4. The van der Waals surface area contributed by atoms with Gasteiger partial charge in [-0.3, -0.25) is 9.59 Å². The van der Waals surface area contributed by atoms with Crippen molar-refractivity contribution in [3.63, 3.8) is 0 Å². The number of piperazine rings is 1. The number of methoxy groups -OCH3 is 2. The fourth-order valence-corrected chi connectivity index (χ4v) is 3.82. The zero-order chi connectivity index (χ0) is 24.1. The molecular weight excluding hydrogens is 441 g/mol. The van der Waals surface area contributed by atoms with Gasteiger partial charge in [0.25, 0.3) is 5.56 Å². The Morgan fingerprint density at radius 2 is 1.62 bits per heavy atom. The van der Waals surface area contributed by atoms with E-state index in [0.29, 0.717) is 36.1 Å². The van der Waals surface area contributed by atoms with Crippen molar-refractivity contribution in [2.45, 2.75) is 6.54 Å². The molecule has 2 heterocycles. The maximum absolute atomic E-state index is 13.2. The second-order valence-electron chi connectivity index (χ2n) is 7.76. The van der Waals surface area contributed by atoms with Crippen LogP contribution in [0.2, 0.25) is 0 Å². The third kappa shape index (κ3) is 5.28. The van der Waals surface area contributed by atoms with Crippen LogP contribution in [0.4, 0.5) is 21.6 Å². The first-order chi connectivity index (χ1) is 16.5. The molecule has 0 spiro atoms. The van der Waals surface area contributed by atoms with E-state index in [2.05, 4.69) is 20.2 Å². The van der Waals surface area contributed by atoms with Crippen molar-refractivity contribution < 1.29 is 18.7 Å². The number of halogens is 1. The lowest BCUT2D eigenvalue weighted by molar-refractivity contribution is -0.117. The van der Waals surface area contributed by atoms with E-state index in [4.69, 9.17) is 9.47 Å². The standard InChI is InChI=1S/C24H26FN5O4/c1-33-20-8-5-18(15-21(20)34-2)26-23(31)16-30-24(32)10-9-22(27-30)29-13-11-28(12-14-29)19-6-3-17(25)4-7-19/h3-10,15H,11-14,16H2,1-2H3,(H,26,31). The van der Waals surface area contributed by atoms with Gasteiger partial charge >= 0.3 is 0 Å². The molecule has 1 N–H and O–H groups in total. The lowest BCUT2D eigenvalue weighted by Gasteiger charge is -2.36. The minimum Gasteiger partial charge on any atom is -0.493 e. The maximum Gasteiger partial charge on any atom is 0.267 e. The van der Waals surface area contributed by atoms with Gasteiger partial charge in [-0.05, 0) is 42.5 Å². The number of nitrogens with zero attached hydrogens (tertiary/aromatic N) is 4. The summed E-state index contributed by atoms with van der Waals surface area (Å²) in [6.07, 6.45) is 0. The van der Waals surface area contributed by atoms with Gasteiger partial charge in [-0.15, -0.1) is 0 Å². The Morgan fingerprint density at radius 1 is 0.941 bits per heavy atom. The highest BCUT2D eigenvalue weighted by Crippen LogP contribution is 2.29. The summed E-state index contributed by atoms with van der Waals surface area (Å²) < 4.78 is 24.8. The second kappa shape index (κ2) is 10.2. The molecule has 4 rings (SSSR count). The van der Waals surface area contributed by atoms with E-state index in [0.717, 1.165) is 23.5 Å². The Hall–Kier alpha value is -4.08. The molecule has 0 aliphatic carbocycles. The molecule has 178 valence electrons. The normalized spacial score (nSPS) is 13.5. The lowest BCUT2D eigenvalue weighted by atomic mass is 10.2. The first-order valence-electron chi connectivity index (χ1n) is 10.8. The predicted molar refractivity (Wildman–Crippen MR) is 127 cm³/mol. The topological polar surface area (TPSA) is 88.9 Å². The molecule has 1 saturated heterocycles. The van der Waals surface area contributed by atoms with Crippen LogP contribution in [0.5, 0.6) is 11.5 Å². The van der Waals surface area contributed by atoms with Gasteiger partial charge in [0.15, 0.2) is 11.5 Å². The average Bonchev–Trinajstić information content (AvgIpc) is 2.86. The summed E-state index contributed by atoms with van der Waals surface area (Å²) in [6.45, 7) is 2.59. The number of carbonyl (C=O) groups is 1. The first-order valence-corrected chi connectivity index (χ1v) is 10.8. The number of carbonyl (C=O) groups excluding carboxylic acids is 1. The van der Waals surface area contributed by atoms with Gasteiger partial charge < -0.3 is 24.6 Å². The average molecular weight is 468 g/mol. The number of hydrogen-bond donors (Lipinski definition) is 1. The third-order valence-electron chi connectivity index (χ3n) is 5.61. The largest absolute Gasteiger partial charge is 0.493 e. The molecule has 9 nitrogen and oxygen atoms in total. The van der Waals surface area contributed by atoms with Crippen molar-refractivity contribution in [3.05, 3.63) is 70.8 Å². The van der Waals surface area contributed by atoms with Crippen LogP contribution >= 0.6 is 0 Å². The number of benzene rings is 2. The Kier molecular flexibility index (Phi) is 6.95. The number of hydrogen-bond acceptors (Lipinski definition) is 7. The smallest absolute Gasteiger partial charge is 0.267 e. The van der Waals surface area contributed by atoms with Crippen molar-refractivity contribution in [2.24, 2.45) is 0 Å². The van der Waals surface area contributed by atoms with E-state index in [1.54, 1.807) is 36.4 Å². The third-order valence-corrected chi connectivity index (χ3v) is 5.61. The Balaban J connectivity index is 1.40. The van der Waals surface area contributed by atoms with E-state index in [9.17, 15) is 14.0 Å². The quantitative estimate of drug-likeness (QED) is 0.571. The molecule has 0 saturated carbocycles.